The molecule has 2 aromatic carbocycles. The van der Waals surface area contributed by atoms with Crippen molar-refractivity contribution < 1.29 is 0 Å². The Labute approximate surface area is 129 Å². The van der Waals surface area contributed by atoms with Crippen molar-refractivity contribution in [1.82, 2.24) is 15.2 Å². The van der Waals surface area contributed by atoms with Gasteiger partial charge in [-0.15, -0.1) is 0 Å². The Balaban J connectivity index is 1.97. The van der Waals surface area contributed by atoms with Crippen LogP contribution < -0.4 is 5.73 Å². The lowest BCUT2D eigenvalue weighted by Crippen LogP contribution is -1.88. The van der Waals surface area contributed by atoms with Crippen LogP contribution >= 0.6 is 27.5 Å². The molecule has 0 bridgehead atoms. The molecule has 3 aromatic rings. The summed E-state index contributed by atoms with van der Waals surface area (Å²) < 4.78 is 1.02. The molecule has 4 nitrogen and oxygen atoms in total. The summed E-state index contributed by atoms with van der Waals surface area (Å²) in [5.74, 6) is 1.30. The summed E-state index contributed by atoms with van der Waals surface area (Å²) in [6.07, 6.45) is 0. The van der Waals surface area contributed by atoms with E-state index in [-0.39, 0.29) is 0 Å². The Bertz CT molecular complexity index is 752. The molecule has 1 aromatic heterocycles. The fourth-order valence-electron chi connectivity index (χ4n) is 1.81. The van der Waals surface area contributed by atoms with Crippen LogP contribution in [-0.2, 0) is 0 Å². The smallest absolute Gasteiger partial charge is 0.181 e. The van der Waals surface area contributed by atoms with Crippen molar-refractivity contribution in [2.75, 3.05) is 5.73 Å². The van der Waals surface area contributed by atoms with Gasteiger partial charge in [-0.2, -0.15) is 5.10 Å². The number of rotatable bonds is 2. The molecular formula is C14H10BrClN4. The average molecular weight is 350 g/mol. The van der Waals surface area contributed by atoms with Crippen molar-refractivity contribution in [2.24, 2.45) is 0 Å². The van der Waals surface area contributed by atoms with Gasteiger partial charge in [0.25, 0.3) is 0 Å². The molecule has 0 atom stereocenters. The normalized spacial score (nSPS) is 10.7. The largest absolute Gasteiger partial charge is 0.398 e. The van der Waals surface area contributed by atoms with E-state index in [0.717, 1.165) is 15.6 Å². The van der Waals surface area contributed by atoms with Gasteiger partial charge in [-0.1, -0.05) is 39.7 Å². The number of H-pyrrole nitrogens is 1. The highest BCUT2D eigenvalue weighted by atomic mass is 79.9. The fourth-order valence-corrected chi connectivity index (χ4v) is 2.19. The predicted octanol–water partition coefficient (Wildman–Crippen LogP) is 4.14. The van der Waals surface area contributed by atoms with E-state index >= 15 is 0 Å². The van der Waals surface area contributed by atoms with Crippen LogP contribution in [0.25, 0.3) is 22.8 Å². The monoisotopic (exact) mass is 348 g/mol. The molecular weight excluding hydrogens is 340 g/mol. The minimum atomic E-state index is 0.513. The van der Waals surface area contributed by atoms with E-state index in [2.05, 4.69) is 31.1 Å². The molecule has 6 heteroatoms. The van der Waals surface area contributed by atoms with E-state index in [1.54, 1.807) is 12.1 Å². The predicted molar refractivity (Wildman–Crippen MR) is 84.4 cm³/mol. The zero-order chi connectivity index (χ0) is 14.1. The molecule has 0 radical (unpaired) electrons. The molecule has 3 N–H and O–H groups in total. The Morgan fingerprint density at radius 2 is 1.75 bits per heavy atom. The van der Waals surface area contributed by atoms with Crippen molar-refractivity contribution in [1.29, 1.82) is 0 Å². The highest BCUT2D eigenvalue weighted by Gasteiger charge is 2.09. The van der Waals surface area contributed by atoms with Gasteiger partial charge in [-0.3, -0.25) is 5.10 Å². The second-order valence-corrected chi connectivity index (χ2v) is 5.57. The van der Waals surface area contributed by atoms with Crippen LogP contribution in [0.15, 0.2) is 46.9 Å². The number of nitrogen functional groups attached to an aromatic ring is 1. The summed E-state index contributed by atoms with van der Waals surface area (Å²) in [6.45, 7) is 0. The number of hydrogen-bond acceptors (Lipinski definition) is 3. The molecule has 0 fully saturated rings. The molecule has 1 heterocycles. The number of benzene rings is 2. The SMILES string of the molecule is Nc1cc(-c2n[nH]c(-c3ccc(Br)cc3)n2)ccc1Cl. The van der Waals surface area contributed by atoms with Gasteiger partial charge in [0.1, 0.15) is 0 Å². The maximum atomic E-state index is 5.91. The van der Waals surface area contributed by atoms with Crippen molar-refractivity contribution in [3.8, 4) is 22.8 Å². The van der Waals surface area contributed by atoms with Gasteiger partial charge < -0.3 is 5.73 Å². The number of nitrogens with zero attached hydrogens (tertiary/aromatic N) is 2. The van der Waals surface area contributed by atoms with Crippen LogP contribution in [-0.4, -0.2) is 15.2 Å². The van der Waals surface area contributed by atoms with Gasteiger partial charge in [-0.25, -0.2) is 4.98 Å². The molecule has 0 saturated carbocycles. The number of aromatic amines is 1. The summed E-state index contributed by atoms with van der Waals surface area (Å²) in [7, 11) is 0. The zero-order valence-electron chi connectivity index (χ0n) is 10.3. The molecule has 0 aliphatic rings. The molecule has 100 valence electrons. The first kappa shape index (κ1) is 13.1. The highest BCUT2D eigenvalue weighted by molar-refractivity contribution is 9.10. The molecule has 3 rings (SSSR count). The van der Waals surface area contributed by atoms with Crippen LogP contribution in [0.2, 0.25) is 5.02 Å². The Morgan fingerprint density at radius 1 is 1.05 bits per heavy atom. The number of aromatic nitrogens is 3. The van der Waals surface area contributed by atoms with Crippen molar-refractivity contribution in [2.45, 2.75) is 0 Å². The van der Waals surface area contributed by atoms with Crippen LogP contribution in [0.4, 0.5) is 5.69 Å². The van der Waals surface area contributed by atoms with Gasteiger partial charge in [-0.05, 0) is 30.3 Å². The first-order valence-corrected chi connectivity index (χ1v) is 7.04. The second-order valence-electron chi connectivity index (χ2n) is 4.25. The summed E-state index contributed by atoms with van der Waals surface area (Å²) in [5.41, 5.74) is 8.09. The summed E-state index contributed by atoms with van der Waals surface area (Å²) in [4.78, 5) is 4.47. The Morgan fingerprint density at radius 3 is 2.45 bits per heavy atom. The number of nitrogens with two attached hydrogens (primary N) is 1. The summed E-state index contributed by atoms with van der Waals surface area (Å²) >= 11 is 9.31. The van der Waals surface area contributed by atoms with E-state index in [9.17, 15) is 0 Å². The van der Waals surface area contributed by atoms with E-state index in [4.69, 9.17) is 17.3 Å². The Kier molecular flexibility index (Phi) is 3.46. The van der Waals surface area contributed by atoms with E-state index in [1.807, 2.05) is 30.3 Å². The molecule has 0 spiro atoms. The molecule has 0 aliphatic carbocycles. The first-order valence-electron chi connectivity index (χ1n) is 5.87. The van der Waals surface area contributed by atoms with Crippen LogP contribution in [0.5, 0.6) is 0 Å². The fraction of sp³-hybridized carbons (Fsp3) is 0. The van der Waals surface area contributed by atoms with Crippen LogP contribution in [0.1, 0.15) is 0 Å². The topological polar surface area (TPSA) is 67.6 Å². The minimum Gasteiger partial charge on any atom is -0.398 e. The van der Waals surface area contributed by atoms with E-state index < -0.39 is 0 Å². The molecule has 0 aliphatic heterocycles. The lowest BCUT2D eigenvalue weighted by Gasteiger charge is -1.99. The number of anilines is 1. The molecule has 0 saturated heterocycles. The summed E-state index contributed by atoms with van der Waals surface area (Å²) in [6, 6.07) is 13.2. The van der Waals surface area contributed by atoms with E-state index in [0.29, 0.717) is 22.4 Å². The molecule has 0 amide bonds. The number of halogens is 2. The van der Waals surface area contributed by atoms with Crippen LogP contribution in [0, 0.1) is 0 Å². The quantitative estimate of drug-likeness (QED) is 0.683. The lowest BCUT2D eigenvalue weighted by atomic mass is 10.2. The van der Waals surface area contributed by atoms with Gasteiger partial charge in [0.2, 0.25) is 0 Å². The average Bonchev–Trinajstić information content (AvgIpc) is 2.92. The Hall–Kier alpha value is -1.85. The van der Waals surface area contributed by atoms with Gasteiger partial charge >= 0.3 is 0 Å². The first-order chi connectivity index (χ1) is 9.63. The van der Waals surface area contributed by atoms with Crippen molar-refractivity contribution in [3.05, 3.63) is 52.0 Å². The molecule has 20 heavy (non-hydrogen) atoms. The molecule has 0 unspecified atom stereocenters. The second kappa shape index (κ2) is 5.26. The number of hydrogen-bond donors (Lipinski definition) is 2. The van der Waals surface area contributed by atoms with Gasteiger partial charge in [0.05, 0.1) is 10.7 Å². The maximum Gasteiger partial charge on any atom is 0.181 e. The lowest BCUT2D eigenvalue weighted by molar-refractivity contribution is 1.10. The van der Waals surface area contributed by atoms with Crippen LogP contribution in [0.3, 0.4) is 0 Å². The van der Waals surface area contributed by atoms with Gasteiger partial charge in [0, 0.05) is 15.6 Å². The third kappa shape index (κ3) is 2.55. The number of nitrogens with one attached hydrogen (secondary N) is 1. The maximum absolute atomic E-state index is 5.91. The standard InChI is InChI=1S/C14H10BrClN4/c15-10-4-1-8(2-5-10)13-18-14(20-19-13)9-3-6-11(16)12(17)7-9/h1-7H,17H2,(H,18,19,20). The minimum absolute atomic E-state index is 0.513. The summed E-state index contributed by atoms with van der Waals surface area (Å²) in [5, 5.41) is 7.66. The van der Waals surface area contributed by atoms with Crippen molar-refractivity contribution in [3.63, 3.8) is 0 Å². The van der Waals surface area contributed by atoms with Crippen molar-refractivity contribution >= 4 is 33.2 Å². The third-order valence-electron chi connectivity index (χ3n) is 2.86. The third-order valence-corrected chi connectivity index (χ3v) is 3.73. The van der Waals surface area contributed by atoms with E-state index in [1.165, 1.54) is 0 Å². The van der Waals surface area contributed by atoms with Gasteiger partial charge in [0.15, 0.2) is 11.6 Å². The highest BCUT2D eigenvalue weighted by Crippen LogP contribution is 2.26. The zero-order valence-corrected chi connectivity index (χ0v) is 12.6.